The zero-order chi connectivity index (χ0) is 20.7. The van der Waals surface area contributed by atoms with E-state index in [2.05, 4.69) is 30.0 Å². The summed E-state index contributed by atoms with van der Waals surface area (Å²) in [6.45, 7) is 2.28. The molecule has 0 aliphatic rings. The van der Waals surface area contributed by atoms with Crippen molar-refractivity contribution in [2.45, 2.75) is 18.6 Å². The van der Waals surface area contributed by atoms with Gasteiger partial charge in [-0.3, -0.25) is 0 Å². The normalized spacial score (nSPS) is 11.5. The van der Waals surface area contributed by atoms with Gasteiger partial charge >= 0.3 is 0 Å². The van der Waals surface area contributed by atoms with E-state index in [1.54, 1.807) is 40.8 Å². The molecule has 0 saturated carbocycles. The fourth-order valence-corrected chi connectivity index (χ4v) is 3.88. The van der Waals surface area contributed by atoms with E-state index in [1.165, 1.54) is 6.07 Å². The van der Waals surface area contributed by atoms with E-state index < -0.39 is 0 Å². The Morgan fingerprint density at radius 2 is 2.00 bits per heavy atom. The van der Waals surface area contributed by atoms with Crippen LogP contribution in [0.2, 0.25) is 0 Å². The van der Waals surface area contributed by atoms with Crippen LogP contribution in [0.5, 0.6) is 0 Å². The van der Waals surface area contributed by atoms with Crippen molar-refractivity contribution >= 4 is 39.8 Å². The lowest BCUT2D eigenvalue weighted by Crippen LogP contribution is -2.05. The van der Waals surface area contributed by atoms with Crippen molar-refractivity contribution in [2.75, 3.05) is 11.5 Å². The number of thioether (sulfide) groups is 1. The lowest BCUT2D eigenvalue weighted by molar-refractivity contribution is 0.589. The van der Waals surface area contributed by atoms with Crippen LogP contribution in [0, 0.1) is 5.82 Å². The topological polar surface area (TPSA) is 111 Å². The Balaban J connectivity index is 1.65. The summed E-state index contributed by atoms with van der Waals surface area (Å²) in [5.74, 6) is 1.23. The SMILES string of the molecule is CCSc1nc2nc(-c3nn(Cc4ccccc4F)c4ncccc34)nc(N)c2[nH]1. The minimum atomic E-state index is -0.293. The van der Waals surface area contributed by atoms with Crippen LogP contribution in [0.25, 0.3) is 33.7 Å². The molecule has 0 aliphatic carbocycles. The lowest BCUT2D eigenvalue weighted by atomic mass is 10.2. The fraction of sp³-hybridized carbons (Fsp3) is 0.150. The minimum Gasteiger partial charge on any atom is -0.382 e. The average molecular weight is 420 g/mol. The van der Waals surface area contributed by atoms with Crippen LogP contribution in [0.1, 0.15) is 12.5 Å². The van der Waals surface area contributed by atoms with E-state index in [0.717, 1.165) is 16.3 Å². The predicted octanol–water partition coefficient (Wildman–Crippen LogP) is 3.65. The van der Waals surface area contributed by atoms with Crippen molar-refractivity contribution in [3.05, 3.63) is 54.0 Å². The third kappa shape index (κ3) is 3.14. The van der Waals surface area contributed by atoms with Gasteiger partial charge in [0.25, 0.3) is 0 Å². The molecule has 150 valence electrons. The molecule has 0 aliphatic heterocycles. The highest BCUT2D eigenvalue weighted by molar-refractivity contribution is 7.99. The molecule has 0 amide bonds. The quantitative estimate of drug-likeness (QED) is 0.418. The second-order valence-corrected chi connectivity index (χ2v) is 7.83. The van der Waals surface area contributed by atoms with Gasteiger partial charge in [0.1, 0.15) is 17.0 Å². The second-order valence-electron chi connectivity index (χ2n) is 6.58. The van der Waals surface area contributed by atoms with Crippen LogP contribution in [0.4, 0.5) is 10.2 Å². The van der Waals surface area contributed by atoms with E-state index >= 15 is 0 Å². The number of nitrogen functional groups attached to an aromatic ring is 1. The average Bonchev–Trinajstić information content (AvgIpc) is 3.32. The number of benzene rings is 1. The van der Waals surface area contributed by atoms with Crippen LogP contribution < -0.4 is 5.73 Å². The number of H-pyrrole nitrogens is 1. The lowest BCUT2D eigenvalue weighted by Gasteiger charge is -2.04. The molecule has 0 atom stereocenters. The molecule has 0 radical (unpaired) electrons. The number of aromatic amines is 1. The van der Waals surface area contributed by atoms with Crippen LogP contribution in [-0.2, 0) is 6.54 Å². The monoisotopic (exact) mass is 420 g/mol. The molecule has 5 aromatic rings. The van der Waals surface area contributed by atoms with Gasteiger partial charge in [0.2, 0.25) is 0 Å². The molecule has 0 spiro atoms. The summed E-state index contributed by atoms with van der Waals surface area (Å²) in [5.41, 5.74) is 8.90. The first kappa shape index (κ1) is 18.5. The number of imidazole rings is 1. The van der Waals surface area contributed by atoms with Crippen molar-refractivity contribution in [1.82, 2.24) is 34.7 Å². The summed E-state index contributed by atoms with van der Waals surface area (Å²) in [6, 6.07) is 10.3. The Hall–Kier alpha value is -3.53. The van der Waals surface area contributed by atoms with E-state index in [9.17, 15) is 4.39 Å². The highest BCUT2D eigenvalue weighted by Gasteiger charge is 2.19. The number of hydrogen-bond donors (Lipinski definition) is 2. The summed E-state index contributed by atoms with van der Waals surface area (Å²) in [5, 5.41) is 6.14. The maximum atomic E-state index is 14.2. The molecule has 0 saturated heterocycles. The van der Waals surface area contributed by atoms with Crippen LogP contribution in [-0.4, -0.2) is 40.5 Å². The summed E-state index contributed by atoms with van der Waals surface area (Å²) < 4.78 is 15.8. The zero-order valence-electron chi connectivity index (χ0n) is 16.0. The molecule has 0 fully saturated rings. The Bertz CT molecular complexity index is 1380. The van der Waals surface area contributed by atoms with Crippen LogP contribution in [0.3, 0.4) is 0 Å². The number of fused-ring (bicyclic) bond motifs is 2. The van der Waals surface area contributed by atoms with Crippen molar-refractivity contribution in [1.29, 1.82) is 0 Å². The van der Waals surface area contributed by atoms with Crippen LogP contribution >= 0.6 is 11.8 Å². The van der Waals surface area contributed by atoms with Crippen molar-refractivity contribution < 1.29 is 4.39 Å². The molecule has 4 aromatic heterocycles. The number of nitrogens with one attached hydrogen (secondary N) is 1. The van der Waals surface area contributed by atoms with Gasteiger partial charge in [0, 0.05) is 11.8 Å². The zero-order valence-corrected chi connectivity index (χ0v) is 16.8. The number of halogens is 1. The van der Waals surface area contributed by atoms with Gasteiger partial charge in [-0.2, -0.15) is 5.10 Å². The molecule has 1 aromatic carbocycles. The van der Waals surface area contributed by atoms with Gasteiger partial charge in [-0.05, 0) is 24.0 Å². The number of nitrogens with zero attached hydrogens (tertiary/aromatic N) is 6. The van der Waals surface area contributed by atoms with Gasteiger partial charge in [0.05, 0.1) is 11.9 Å². The molecule has 0 unspecified atom stereocenters. The van der Waals surface area contributed by atoms with E-state index in [1.807, 2.05) is 19.1 Å². The molecule has 30 heavy (non-hydrogen) atoms. The van der Waals surface area contributed by atoms with Gasteiger partial charge in [-0.1, -0.05) is 36.9 Å². The first-order valence-electron chi connectivity index (χ1n) is 9.35. The molecular formula is C20H17FN8S. The third-order valence-electron chi connectivity index (χ3n) is 4.64. The molecular weight excluding hydrogens is 403 g/mol. The Morgan fingerprint density at radius 1 is 1.13 bits per heavy atom. The molecule has 8 nitrogen and oxygen atoms in total. The van der Waals surface area contributed by atoms with Crippen molar-refractivity contribution in [3.8, 4) is 11.5 Å². The largest absolute Gasteiger partial charge is 0.382 e. The molecule has 3 N–H and O–H groups in total. The predicted molar refractivity (Wildman–Crippen MR) is 115 cm³/mol. The van der Waals surface area contributed by atoms with Gasteiger partial charge in [-0.15, -0.1) is 0 Å². The summed E-state index contributed by atoms with van der Waals surface area (Å²) in [4.78, 5) is 21.1. The van der Waals surface area contributed by atoms with E-state index in [0.29, 0.717) is 39.7 Å². The number of aromatic nitrogens is 7. The van der Waals surface area contributed by atoms with Gasteiger partial charge in [-0.25, -0.2) is 29.0 Å². The Kier molecular flexibility index (Phi) is 4.55. The number of nitrogens with two attached hydrogens (primary N) is 1. The Morgan fingerprint density at radius 3 is 2.83 bits per heavy atom. The van der Waals surface area contributed by atoms with E-state index in [4.69, 9.17) is 5.73 Å². The number of anilines is 1. The fourth-order valence-electron chi connectivity index (χ4n) is 3.28. The molecule has 10 heteroatoms. The highest BCUT2D eigenvalue weighted by Crippen LogP contribution is 2.28. The number of pyridine rings is 1. The van der Waals surface area contributed by atoms with Crippen LogP contribution in [0.15, 0.2) is 47.8 Å². The molecule has 5 rings (SSSR count). The summed E-state index contributed by atoms with van der Waals surface area (Å²) in [7, 11) is 0. The highest BCUT2D eigenvalue weighted by atomic mass is 32.2. The first-order chi connectivity index (χ1) is 14.6. The second kappa shape index (κ2) is 7.38. The van der Waals surface area contributed by atoms with Crippen molar-refractivity contribution in [3.63, 3.8) is 0 Å². The first-order valence-corrected chi connectivity index (χ1v) is 10.3. The third-order valence-corrected chi connectivity index (χ3v) is 5.39. The van der Waals surface area contributed by atoms with Gasteiger partial charge < -0.3 is 10.7 Å². The standard InChI is InChI=1S/C20H17FN8S/c1-2-30-20-24-15-16(22)25-17(26-18(15)27-20)14-12-7-5-9-23-19(12)29(28-14)10-11-6-3-4-8-13(11)21/h3-9H,2,10H2,1H3,(H3,22,24,25,26,27). The minimum absolute atomic E-state index is 0.234. The van der Waals surface area contributed by atoms with Gasteiger partial charge in [0.15, 0.2) is 28.1 Å². The number of hydrogen-bond acceptors (Lipinski definition) is 7. The molecule has 4 heterocycles. The van der Waals surface area contributed by atoms with Crippen molar-refractivity contribution in [2.24, 2.45) is 0 Å². The summed E-state index contributed by atoms with van der Waals surface area (Å²) >= 11 is 1.57. The van der Waals surface area contributed by atoms with E-state index in [-0.39, 0.29) is 12.4 Å². The summed E-state index contributed by atoms with van der Waals surface area (Å²) in [6.07, 6.45) is 1.67. The molecule has 0 bridgehead atoms. The Labute approximate surface area is 174 Å². The maximum Gasteiger partial charge on any atom is 0.185 e. The smallest absolute Gasteiger partial charge is 0.185 e. The number of rotatable bonds is 5. The maximum absolute atomic E-state index is 14.2.